The summed E-state index contributed by atoms with van der Waals surface area (Å²) in [5.41, 5.74) is 1.49. The number of hydrogen-bond donors (Lipinski definition) is 1. The van der Waals surface area contributed by atoms with E-state index in [4.69, 9.17) is 4.42 Å². The zero-order chi connectivity index (χ0) is 18.3. The molecule has 0 unspecified atom stereocenters. The number of likely N-dealkylation sites (tertiary alicyclic amines) is 1. The van der Waals surface area contributed by atoms with Crippen LogP contribution in [0.3, 0.4) is 0 Å². The van der Waals surface area contributed by atoms with Crippen molar-refractivity contribution >= 4 is 23.2 Å². The molecule has 4 rings (SSSR count). The largest absolute Gasteiger partial charge is 0.480 e. The molecule has 2 aromatic rings. The quantitative estimate of drug-likeness (QED) is 0.885. The van der Waals surface area contributed by atoms with Crippen LogP contribution >= 0.6 is 11.3 Å². The summed E-state index contributed by atoms with van der Waals surface area (Å²) in [7, 11) is 0. The molecule has 7 heteroatoms. The fourth-order valence-corrected chi connectivity index (χ4v) is 5.01. The van der Waals surface area contributed by atoms with Gasteiger partial charge in [-0.25, -0.2) is 9.78 Å². The first kappa shape index (κ1) is 17.3. The Hall–Kier alpha value is -2.15. The van der Waals surface area contributed by atoms with Crippen LogP contribution in [0.25, 0.3) is 11.5 Å². The highest BCUT2D eigenvalue weighted by molar-refractivity contribution is 7.08. The predicted octanol–water partition coefficient (Wildman–Crippen LogP) is 3.50. The minimum absolute atomic E-state index is 0.0564. The van der Waals surface area contributed by atoms with Gasteiger partial charge < -0.3 is 14.4 Å². The molecule has 1 N–H and O–H groups in total. The van der Waals surface area contributed by atoms with Gasteiger partial charge in [-0.3, -0.25) is 4.79 Å². The normalized spacial score (nSPS) is 25.3. The van der Waals surface area contributed by atoms with Crippen LogP contribution in [0.15, 0.2) is 21.2 Å². The number of nitrogens with zero attached hydrogens (tertiary/aromatic N) is 2. The number of carboxylic acids is 1. The Morgan fingerprint density at radius 2 is 2.19 bits per heavy atom. The molecule has 0 radical (unpaired) electrons. The van der Waals surface area contributed by atoms with Crippen molar-refractivity contribution in [1.29, 1.82) is 0 Å². The number of carbonyl (C=O) groups excluding carboxylic acids is 1. The maximum absolute atomic E-state index is 13.0. The van der Waals surface area contributed by atoms with Crippen LogP contribution in [0.1, 0.15) is 43.6 Å². The van der Waals surface area contributed by atoms with Gasteiger partial charge in [0.15, 0.2) is 0 Å². The molecular formula is C19H22N2O4S. The van der Waals surface area contributed by atoms with E-state index in [1.54, 1.807) is 23.2 Å². The van der Waals surface area contributed by atoms with Crippen LogP contribution < -0.4 is 0 Å². The van der Waals surface area contributed by atoms with Gasteiger partial charge in [-0.2, -0.15) is 11.3 Å². The second-order valence-electron chi connectivity index (χ2n) is 7.21. The summed E-state index contributed by atoms with van der Waals surface area (Å²) in [6, 6.07) is 1.27. The number of carbonyl (C=O) groups is 2. The van der Waals surface area contributed by atoms with Crippen molar-refractivity contribution in [2.75, 3.05) is 0 Å². The number of rotatable bonds is 4. The molecule has 1 aliphatic heterocycles. The molecule has 1 saturated heterocycles. The van der Waals surface area contributed by atoms with Crippen molar-refractivity contribution < 1.29 is 19.1 Å². The summed E-state index contributed by atoms with van der Waals surface area (Å²) < 4.78 is 5.71. The molecule has 138 valence electrons. The number of amides is 1. The van der Waals surface area contributed by atoms with Crippen molar-refractivity contribution in [3.05, 3.63) is 28.3 Å². The van der Waals surface area contributed by atoms with Gasteiger partial charge in [-0.1, -0.05) is 12.8 Å². The molecule has 0 bridgehead atoms. The summed E-state index contributed by atoms with van der Waals surface area (Å²) >= 11 is 1.56. The zero-order valence-electron chi connectivity index (χ0n) is 14.7. The van der Waals surface area contributed by atoms with E-state index in [2.05, 4.69) is 4.98 Å². The first-order valence-corrected chi connectivity index (χ1v) is 10.0. The Morgan fingerprint density at radius 1 is 1.38 bits per heavy atom. The smallest absolute Gasteiger partial charge is 0.326 e. The first-order chi connectivity index (χ1) is 12.5. The number of fused-ring (bicyclic) bond motifs is 1. The van der Waals surface area contributed by atoms with E-state index in [0.29, 0.717) is 29.7 Å². The standard InChI is InChI=1S/C19H22N2O4S/c1-11-14(20-18(25-11)13-6-7-26-10-13)9-17(22)21-15-5-3-2-4-12(15)8-16(21)19(23)24/h6-7,10,12,15-16H,2-5,8-9H2,1H3,(H,23,24)/t12-,15-,16+/m1/s1. The Balaban J connectivity index is 1.56. The van der Waals surface area contributed by atoms with Crippen LogP contribution in [-0.2, 0) is 16.0 Å². The molecular weight excluding hydrogens is 352 g/mol. The van der Waals surface area contributed by atoms with Crippen molar-refractivity contribution in [3.8, 4) is 11.5 Å². The minimum atomic E-state index is -0.899. The lowest BCUT2D eigenvalue weighted by Gasteiger charge is -2.33. The Labute approximate surface area is 155 Å². The molecule has 26 heavy (non-hydrogen) atoms. The van der Waals surface area contributed by atoms with Gasteiger partial charge >= 0.3 is 5.97 Å². The van der Waals surface area contributed by atoms with Crippen LogP contribution in [0.5, 0.6) is 0 Å². The second-order valence-corrected chi connectivity index (χ2v) is 7.99. The van der Waals surface area contributed by atoms with Crippen molar-refractivity contribution in [2.45, 2.75) is 57.5 Å². The molecule has 0 aromatic carbocycles. The molecule has 2 aromatic heterocycles. The van der Waals surface area contributed by atoms with E-state index in [1.165, 1.54) is 0 Å². The van der Waals surface area contributed by atoms with Crippen LogP contribution in [-0.4, -0.2) is 39.0 Å². The minimum Gasteiger partial charge on any atom is -0.480 e. The Bertz CT molecular complexity index is 814. The highest BCUT2D eigenvalue weighted by atomic mass is 32.1. The average molecular weight is 374 g/mol. The van der Waals surface area contributed by atoms with Crippen molar-refractivity contribution in [1.82, 2.24) is 9.88 Å². The predicted molar refractivity (Wildman–Crippen MR) is 96.9 cm³/mol. The lowest BCUT2D eigenvalue weighted by atomic mass is 9.84. The highest BCUT2D eigenvalue weighted by Crippen LogP contribution is 2.40. The van der Waals surface area contributed by atoms with E-state index in [9.17, 15) is 14.7 Å². The lowest BCUT2D eigenvalue weighted by Crippen LogP contribution is -2.47. The van der Waals surface area contributed by atoms with Gasteiger partial charge in [-0.05, 0) is 43.6 Å². The van der Waals surface area contributed by atoms with E-state index in [-0.39, 0.29) is 18.4 Å². The monoisotopic (exact) mass is 374 g/mol. The SMILES string of the molecule is Cc1oc(-c2ccsc2)nc1CC(=O)N1[C@@H]2CCCC[C@@H]2C[C@H]1C(=O)O. The van der Waals surface area contributed by atoms with Gasteiger partial charge in [0.25, 0.3) is 0 Å². The van der Waals surface area contributed by atoms with Crippen LogP contribution in [0, 0.1) is 12.8 Å². The zero-order valence-corrected chi connectivity index (χ0v) is 15.5. The summed E-state index contributed by atoms with van der Waals surface area (Å²) in [5, 5.41) is 13.5. The number of aryl methyl sites for hydroxylation is 1. The third-order valence-electron chi connectivity index (χ3n) is 5.64. The molecule has 1 saturated carbocycles. The average Bonchev–Trinajstić information content (AvgIpc) is 3.33. The lowest BCUT2D eigenvalue weighted by molar-refractivity contribution is -0.149. The maximum Gasteiger partial charge on any atom is 0.326 e. The van der Waals surface area contributed by atoms with Gasteiger partial charge in [0.05, 0.1) is 12.1 Å². The number of aromatic nitrogens is 1. The van der Waals surface area contributed by atoms with Gasteiger partial charge in [0.1, 0.15) is 11.8 Å². The molecule has 1 aliphatic carbocycles. The molecule has 0 spiro atoms. The summed E-state index contributed by atoms with van der Waals surface area (Å²) in [4.78, 5) is 30.8. The molecule has 2 aliphatic rings. The van der Waals surface area contributed by atoms with E-state index in [0.717, 1.165) is 31.2 Å². The number of aliphatic carboxylic acids is 1. The second kappa shape index (κ2) is 6.87. The molecule has 6 nitrogen and oxygen atoms in total. The van der Waals surface area contributed by atoms with E-state index in [1.807, 2.05) is 16.8 Å². The maximum atomic E-state index is 13.0. The van der Waals surface area contributed by atoms with E-state index >= 15 is 0 Å². The summed E-state index contributed by atoms with van der Waals surface area (Å²) in [6.07, 6.45) is 4.77. The fourth-order valence-electron chi connectivity index (χ4n) is 4.38. The third-order valence-corrected chi connectivity index (χ3v) is 6.32. The molecule has 2 fully saturated rings. The number of oxazole rings is 1. The summed E-state index contributed by atoms with van der Waals surface area (Å²) in [5.74, 6) is 0.390. The topological polar surface area (TPSA) is 83.6 Å². The van der Waals surface area contributed by atoms with Crippen molar-refractivity contribution in [3.63, 3.8) is 0 Å². The number of carboxylic acid groups (broad SMARTS) is 1. The number of hydrogen-bond acceptors (Lipinski definition) is 5. The number of thiophene rings is 1. The van der Waals surface area contributed by atoms with E-state index < -0.39 is 12.0 Å². The van der Waals surface area contributed by atoms with Crippen molar-refractivity contribution in [2.24, 2.45) is 5.92 Å². The fraction of sp³-hybridized carbons (Fsp3) is 0.526. The van der Waals surface area contributed by atoms with Crippen LogP contribution in [0.4, 0.5) is 0 Å². The highest BCUT2D eigenvalue weighted by Gasteiger charge is 2.47. The summed E-state index contributed by atoms with van der Waals surface area (Å²) in [6.45, 7) is 1.80. The van der Waals surface area contributed by atoms with Gasteiger partial charge in [0, 0.05) is 17.0 Å². The Morgan fingerprint density at radius 3 is 2.92 bits per heavy atom. The molecule has 1 amide bonds. The molecule has 3 atom stereocenters. The van der Waals surface area contributed by atoms with Gasteiger partial charge in [-0.15, -0.1) is 0 Å². The third kappa shape index (κ3) is 3.05. The molecule has 3 heterocycles. The van der Waals surface area contributed by atoms with Crippen LogP contribution in [0.2, 0.25) is 0 Å². The Kier molecular flexibility index (Phi) is 4.56. The first-order valence-electron chi connectivity index (χ1n) is 9.07. The van der Waals surface area contributed by atoms with Gasteiger partial charge in [0.2, 0.25) is 11.8 Å².